The quantitative estimate of drug-likeness (QED) is 0.513. The Labute approximate surface area is 167 Å². The van der Waals surface area contributed by atoms with Crippen molar-refractivity contribution in [3.63, 3.8) is 0 Å². The summed E-state index contributed by atoms with van der Waals surface area (Å²) >= 11 is 5.48. The Morgan fingerprint density at radius 2 is 1.93 bits per heavy atom. The molecular weight excluding hydrogens is 421 g/mol. The van der Waals surface area contributed by atoms with Crippen LogP contribution in [0.2, 0.25) is 5.02 Å². The average Bonchev–Trinajstić information content (AvgIpc) is 2.56. The number of amides is 1. The molecule has 160 valence electrons. The Kier molecular flexibility index (Phi) is 9.68. The van der Waals surface area contributed by atoms with Crippen LogP contribution >= 0.6 is 11.6 Å². The van der Waals surface area contributed by atoms with Crippen molar-refractivity contribution in [3.05, 3.63) is 28.8 Å². The molecule has 0 saturated carbocycles. The third-order valence-corrected chi connectivity index (χ3v) is 5.22. The summed E-state index contributed by atoms with van der Waals surface area (Å²) in [6.07, 6.45) is -4.30. The van der Waals surface area contributed by atoms with Crippen molar-refractivity contribution in [2.24, 2.45) is 5.92 Å². The second-order valence-corrected chi connectivity index (χ2v) is 8.63. The van der Waals surface area contributed by atoms with Crippen molar-refractivity contribution in [3.8, 4) is 0 Å². The molecule has 1 amide bonds. The second kappa shape index (κ2) is 11.0. The van der Waals surface area contributed by atoms with Gasteiger partial charge in [0.25, 0.3) is 0 Å². The van der Waals surface area contributed by atoms with Crippen LogP contribution in [0.1, 0.15) is 32.3 Å². The molecular formula is C17H24ClF3N2O4S. The third kappa shape index (κ3) is 8.76. The summed E-state index contributed by atoms with van der Waals surface area (Å²) in [6.45, 7) is 5.32. The molecule has 0 fully saturated rings. The van der Waals surface area contributed by atoms with Crippen molar-refractivity contribution in [2.45, 2.75) is 37.8 Å². The van der Waals surface area contributed by atoms with Crippen LogP contribution in [0.5, 0.6) is 0 Å². The van der Waals surface area contributed by atoms with E-state index in [1.54, 1.807) is 0 Å². The Morgan fingerprint density at radius 1 is 1.25 bits per heavy atom. The zero-order valence-corrected chi connectivity index (χ0v) is 17.2. The maximum atomic E-state index is 12.8. The minimum Gasteiger partial charge on any atom is -0.381 e. The van der Waals surface area contributed by atoms with Gasteiger partial charge in [-0.05, 0) is 30.5 Å². The molecule has 2 N–H and O–H groups in total. The van der Waals surface area contributed by atoms with Crippen LogP contribution in [0.3, 0.4) is 0 Å². The van der Waals surface area contributed by atoms with Gasteiger partial charge in [0.1, 0.15) is 0 Å². The minimum absolute atomic E-state index is 0.147. The monoisotopic (exact) mass is 444 g/mol. The van der Waals surface area contributed by atoms with E-state index in [1.165, 1.54) is 0 Å². The molecule has 0 aromatic heterocycles. The highest BCUT2D eigenvalue weighted by Crippen LogP contribution is 2.35. The van der Waals surface area contributed by atoms with Gasteiger partial charge in [0.05, 0.1) is 15.5 Å². The number of nitrogens with one attached hydrogen (secondary N) is 2. The molecule has 0 aliphatic rings. The van der Waals surface area contributed by atoms with Crippen LogP contribution < -0.4 is 10.0 Å². The molecule has 0 atom stereocenters. The van der Waals surface area contributed by atoms with Crippen LogP contribution in [0, 0.1) is 5.92 Å². The maximum Gasteiger partial charge on any atom is 0.417 e. The summed E-state index contributed by atoms with van der Waals surface area (Å²) in [7, 11) is -4.20. The van der Waals surface area contributed by atoms with E-state index in [9.17, 15) is 26.4 Å². The first-order valence-corrected chi connectivity index (χ1v) is 10.5. The molecule has 11 heteroatoms. The first-order chi connectivity index (χ1) is 12.9. The van der Waals surface area contributed by atoms with Crippen LogP contribution in [0.15, 0.2) is 23.1 Å². The van der Waals surface area contributed by atoms with E-state index < -0.39 is 31.7 Å². The second-order valence-electron chi connectivity index (χ2n) is 6.46. The number of alkyl halides is 3. The summed E-state index contributed by atoms with van der Waals surface area (Å²) in [5.74, 6) is 0.0501. The van der Waals surface area contributed by atoms with E-state index in [-0.39, 0.29) is 18.9 Å². The molecule has 0 spiro atoms. The van der Waals surface area contributed by atoms with Gasteiger partial charge in [-0.25, -0.2) is 13.1 Å². The lowest BCUT2D eigenvalue weighted by Crippen LogP contribution is -2.31. The number of hydrogen-bond acceptors (Lipinski definition) is 4. The summed E-state index contributed by atoms with van der Waals surface area (Å²) in [6, 6.07) is 2.30. The molecule has 0 unspecified atom stereocenters. The molecule has 0 bridgehead atoms. The van der Waals surface area contributed by atoms with E-state index in [2.05, 4.69) is 10.0 Å². The topological polar surface area (TPSA) is 84.5 Å². The molecule has 0 aliphatic heterocycles. The number of benzene rings is 1. The van der Waals surface area contributed by atoms with Gasteiger partial charge in [0.2, 0.25) is 15.9 Å². The molecule has 6 nitrogen and oxygen atoms in total. The lowest BCUT2D eigenvalue weighted by molar-refractivity contribution is -0.137. The molecule has 1 aromatic carbocycles. The normalized spacial score (nSPS) is 12.4. The first kappa shape index (κ1) is 24.7. The molecule has 1 aromatic rings. The highest BCUT2D eigenvalue weighted by Gasteiger charge is 2.34. The summed E-state index contributed by atoms with van der Waals surface area (Å²) < 4.78 is 70.3. The zero-order chi connectivity index (χ0) is 21.4. The first-order valence-electron chi connectivity index (χ1n) is 8.64. The highest BCUT2D eigenvalue weighted by molar-refractivity contribution is 7.89. The van der Waals surface area contributed by atoms with E-state index in [4.69, 9.17) is 16.3 Å². The number of halogens is 4. The number of ether oxygens (including phenoxy) is 1. The van der Waals surface area contributed by atoms with Crippen molar-refractivity contribution in [1.29, 1.82) is 0 Å². The van der Waals surface area contributed by atoms with Crippen LogP contribution in [-0.4, -0.2) is 40.6 Å². The predicted octanol–water partition coefficient (Wildman–Crippen LogP) is 3.21. The van der Waals surface area contributed by atoms with Crippen molar-refractivity contribution in [1.82, 2.24) is 10.0 Å². The van der Waals surface area contributed by atoms with Crippen LogP contribution in [0.4, 0.5) is 13.2 Å². The molecule has 0 saturated heterocycles. The third-order valence-electron chi connectivity index (χ3n) is 3.44. The van der Waals surface area contributed by atoms with Crippen molar-refractivity contribution >= 4 is 27.5 Å². The van der Waals surface area contributed by atoms with Gasteiger partial charge < -0.3 is 10.1 Å². The maximum absolute atomic E-state index is 12.8. The van der Waals surface area contributed by atoms with Gasteiger partial charge in [-0.1, -0.05) is 25.4 Å². The molecule has 0 radical (unpaired) electrons. The molecule has 28 heavy (non-hydrogen) atoms. The van der Waals surface area contributed by atoms with E-state index in [0.29, 0.717) is 38.2 Å². The molecule has 1 rings (SSSR count). The Hall–Kier alpha value is -1.36. The van der Waals surface area contributed by atoms with Crippen LogP contribution in [0.25, 0.3) is 0 Å². The lowest BCUT2D eigenvalue weighted by atomic mass is 10.2. The van der Waals surface area contributed by atoms with Crippen molar-refractivity contribution < 1.29 is 31.1 Å². The zero-order valence-electron chi connectivity index (χ0n) is 15.6. The highest BCUT2D eigenvalue weighted by atomic mass is 35.5. The fraction of sp³-hybridized carbons (Fsp3) is 0.588. The fourth-order valence-electron chi connectivity index (χ4n) is 2.08. The fourth-order valence-corrected chi connectivity index (χ4v) is 3.36. The largest absolute Gasteiger partial charge is 0.417 e. The Bertz CT molecular complexity index is 755. The number of rotatable bonds is 11. The van der Waals surface area contributed by atoms with Gasteiger partial charge in [-0.15, -0.1) is 0 Å². The van der Waals surface area contributed by atoms with Gasteiger partial charge in [0.15, 0.2) is 0 Å². The standard InChI is InChI=1S/C17H24ClF3N2O4S/c1-12(2)11-27-9-3-7-22-16(24)6-8-23-28(25,26)13-4-5-15(18)14(10-13)17(19,20)21/h4-5,10,12,23H,3,6-9,11H2,1-2H3,(H,22,24). The lowest BCUT2D eigenvalue weighted by Gasteiger charge is -2.12. The predicted molar refractivity (Wildman–Crippen MR) is 99.5 cm³/mol. The Balaban J connectivity index is 2.45. The smallest absolute Gasteiger partial charge is 0.381 e. The van der Waals surface area contributed by atoms with E-state index in [0.717, 1.165) is 12.1 Å². The van der Waals surface area contributed by atoms with Gasteiger partial charge in [-0.3, -0.25) is 4.79 Å². The summed E-state index contributed by atoms with van der Waals surface area (Å²) in [5.41, 5.74) is -1.24. The number of carbonyl (C=O) groups excluding carboxylic acids is 1. The van der Waals surface area contributed by atoms with Crippen molar-refractivity contribution in [2.75, 3.05) is 26.3 Å². The van der Waals surface area contributed by atoms with E-state index >= 15 is 0 Å². The van der Waals surface area contributed by atoms with E-state index in [1.807, 2.05) is 13.8 Å². The van der Waals surface area contributed by atoms with Crippen LogP contribution in [-0.2, 0) is 25.7 Å². The van der Waals surface area contributed by atoms with Gasteiger partial charge in [0, 0.05) is 32.7 Å². The minimum atomic E-state index is -4.78. The molecule has 0 aliphatic carbocycles. The number of sulfonamides is 1. The number of hydrogen-bond donors (Lipinski definition) is 2. The van der Waals surface area contributed by atoms with Gasteiger partial charge >= 0.3 is 6.18 Å². The number of carbonyl (C=O) groups is 1. The summed E-state index contributed by atoms with van der Waals surface area (Å²) in [4.78, 5) is 11.1. The SMILES string of the molecule is CC(C)COCCCNC(=O)CCNS(=O)(=O)c1ccc(Cl)c(C(F)(F)F)c1. The average molecular weight is 445 g/mol. The van der Waals surface area contributed by atoms with Gasteiger partial charge in [-0.2, -0.15) is 13.2 Å². The Morgan fingerprint density at radius 3 is 2.54 bits per heavy atom. The molecule has 0 heterocycles. The summed E-state index contributed by atoms with van der Waals surface area (Å²) in [5, 5.41) is 2.02.